The third-order valence-electron chi connectivity index (χ3n) is 3.32. The maximum atomic E-state index is 11.2. The van der Waals surface area contributed by atoms with E-state index in [1.54, 1.807) is 12.1 Å². The van der Waals surface area contributed by atoms with Gasteiger partial charge in [0, 0.05) is 17.9 Å². The SMILES string of the molecule is CCC(C)n1ccc(COc2ccc(N)cc2C(=O)O)n1. The molecule has 0 fully saturated rings. The van der Waals surface area contributed by atoms with Gasteiger partial charge < -0.3 is 15.6 Å². The first-order valence-corrected chi connectivity index (χ1v) is 6.81. The fourth-order valence-corrected chi connectivity index (χ4v) is 1.88. The van der Waals surface area contributed by atoms with Gasteiger partial charge in [0.25, 0.3) is 0 Å². The average molecular weight is 289 g/mol. The van der Waals surface area contributed by atoms with Gasteiger partial charge in [-0.25, -0.2) is 4.79 Å². The first-order valence-electron chi connectivity index (χ1n) is 6.81. The molecule has 1 atom stereocenters. The lowest BCUT2D eigenvalue weighted by Crippen LogP contribution is -2.07. The molecule has 0 spiro atoms. The molecule has 1 unspecified atom stereocenters. The van der Waals surface area contributed by atoms with E-state index in [0.717, 1.165) is 12.1 Å². The summed E-state index contributed by atoms with van der Waals surface area (Å²) in [4.78, 5) is 11.2. The van der Waals surface area contributed by atoms with Gasteiger partial charge in [-0.2, -0.15) is 5.10 Å². The lowest BCUT2D eigenvalue weighted by Gasteiger charge is -2.10. The molecule has 0 bridgehead atoms. The maximum Gasteiger partial charge on any atom is 0.339 e. The number of carboxylic acid groups (broad SMARTS) is 1. The Labute approximate surface area is 123 Å². The van der Waals surface area contributed by atoms with Crippen molar-refractivity contribution in [1.82, 2.24) is 9.78 Å². The van der Waals surface area contributed by atoms with Crippen LogP contribution in [0.4, 0.5) is 5.69 Å². The summed E-state index contributed by atoms with van der Waals surface area (Å²) in [5, 5.41) is 13.5. The van der Waals surface area contributed by atoms with Crippen molar-refractivity contribution in [2.75, 3.05) is 5.73 Å². The number of rotatable bonds is 6. The molecule has 2 aromatic rings. The second-order valence-electron chi connectivity index (χ2n) is 4.89. The molecule has 0 radical (unpaired) electrons. The van der Waals surface area contributed by atoms with Crippen molar-refractivity contribution in [3.63, 3.8) is 0 Å². The van der Waals surface area contributed by atoms with E-state index in [2.05, 4.69) is 18.9 Å². The highest BCUT2D eigenvalue weighted by molar-refractivity contribution is 5.92. The molecule has 3 N–H and O–H groups in total. The topological polar surface area (TPSA) is 90.4 Å². The van der Waals surface area contributed by atoms with Crippen molar-refractivity contribution in [2.24, 2.45) is 0 Å². The summed E-state index contributed by atoms with van der Waals surface area (Å²) in [5.74, 6) is -0.780. The number of nitrogen functional groups attached to an aromatic ring is 1. The molecule has 0 aliphatic rings. The Morgan fingerprint density at radius 1 is 1.48 bits per heavy atom. The summed E-state index contributed by atoms with van der Waals surface area (Å²) < 4.78 is 7.43. The number of hydrogen-bond acceptors (Lipinski definition) is 4. The number of nitrogens with zero attached hydrogens (tertiary/aromatic N) is 2. The van der Waals surface area contributed by atoms with E-state index in [9.17, 15) is 4.79 Å². The van der Waals surface area contributed by atoms with Crippen molar-refractivity contribution in [1.29, 1.82) is 0 Å². The van der Waals surface area contributed by atoms with Gasteiger partial charge in [-0.1, -0.05) is 6.92 Å². The first-order chi connectivity index (χ1) is 10.0. The van der Waals surface area contributed by atoms with Crippen LogP contribution in [-0.2, 0) is 6.61 Å². The van der Waals surface area contributed by atoms with Gasteiger partial charge in [-0.3, -0.25) is 4.68 Å². The normalized spacial score (nSPS) is 12.1. The molecule has 1 heterocycles. The minimum atomic E-state index is -1.07. The molecule has 6 nitrogen and oxygen atoms in total. The predicted octanol–water partition coefficient (Wildman–Crippen LogP) is 2.71. The molecule has 0 saturated carbocycles. The zero-order valence-corrected chi connectivity index (χ0v) is 12.1. The summed E-state index contributed by atoms with van der Waals surface area (Å²) in [7, 11) is 0. The van der Waals surface area contributed by atoms with E-state index in [1.165, 1.54) is 6.07 Å². The number of ether oxygens (including phenoxy) is 1. The summed E-state index contributed by atoms with van der Waals surface area (Å²) in [6, 6.07) is 6.74. The van der Waals surface area contributed by atoms with E-state index in [1.807, 2.05) is 16.9 Å². The fourth-order valence-electron chi connectivity index (χ4n) is 1.88. The fraction of sp³-hybridized carbons (Fsp3) is 0.333. The molecule has 112 valence electrons. The summed E-state index contributed by atoms with van der Waals surface area (Å²) >= 11 is 0. The van der Waals surface area contributed by atoms with Crippen LogP contribution in [0.15, 0.2) is 30.5 Å². The van der Waals surface area contributed by atoms with Crippen molar-refractivity contribution >= 4 is 11.7 Å². The molecule has 2 rings (SSSR count). The molecule has 0 saturated heterocycles. The maximum absolute atomic E-state index is 11.2. The van der Waals surface area contributed by atoms with Crippen LogP contribution < -0.4 is 10.5 Å². The van der Waals surface area contributed by atoms with Crippen molar-refractivity contribution in [3.8, 4) is 5.75 Å². The van der Waals surface area contributed by atoms with Gasteiger partial charge in [0.2, 0.25) is 0 Å². The molecular formula is C15H19N3O3. The van der Waals surface area contributed by atoms with E-state index in [4.69, 9.17) is 15.6 Å². The number of aromatic nitrogens is 2. The Bertz CT molecular complexity index is 637. The predicted molar refractivity (Wildman–Crippen MR) is 79.4 cm³/mol. The van der Waals surface area contributed by atoms with Gasteiger partial charge in [0.15, 0.2) is 0 Å². The standard InChI is InChI=1S/C15H19N3O3/c1-3-10(2)18-7-6-12(17-18)9-21-14-5-4-11(16)8-13(14)15(19)20/h4-8,10H,3,9,16H2,1-2H3,(H,19,20). The summed E-state index contributed by atoms with van der Waals surface area (Å²) in [6.07, 6.45) is 2.89. The zero-order chi connectivity index (χ0) is 15.4. The largest absolute Gasteiger partial charge is 0.486 e. The van der Waals surface area contributed by atoms with E-state index in [0.29, 0.717) is 11.7 Å². The lowest BCUT2D eigenvalue weighted by atomic mass is 10.2. The van der Waals surface area contributed by atoms with Crippen LogP contribution in [0.25, 0.3) is 0 Å². The molecular weight excluding hydrogens is 270 g/mol. The molecule has 21 heavy (non-hydrogen) atoms. The number of carbonyl (C=O) groups is 1. The Morgan fingerprint density at radius 3 is 2.90 bits per heavy atom. The number of nitrogens with two attached hydrogens (primary N) is 1. The molecule has 1 aromatic carbocycles. The highest BCUT2D eigenvalue weighted by atomic mass is 16.5. The second kappa shape index (κ2) is 6.30. The second-order valence-corrected chi connectivity index (χ2v) is 4.89. The number of anilines is 1. The van der Waals surface area contributed by atoms with Gasteiger partial charge in [-0.05, 0) is 37.6 Å². The van der Waals surface area contributed by atoms with E-state index in [-0.39, 0.29) is 17.9 Å². The Balaban J connectivity index is 2.09. The third-order valence-corrected chi connectivity index (χ3v) is 3.32. The van der Waals surface area contributed by atoms with Crippen LogP contribution in [-0.4, -0.2) is 20.9 Å². The van der Waals surface area contributed by atoms with Gasteiger partial charge in [-0.15, -0.1) is 0 Å². The number of benzene rings is 1. The average Bonchev–Trinajstić information content (AvgIpc) is 2.93. The van der Waals surface area contributed by atoms with Gasteiger partial charge >= 0.3 is 5.97 Å². The molecule has 6 heteroatoms. The molecule has 0 amide bonds. The van der Waals surface area contributed by atoms with Gasteiger partial charge in [0.05, 0.1) is 5.69 Å². The molecule has 0 aliphatic carbocycles. The van der Waals surface area contributed by atoms with Gasteiger partial charge in [0.1, 0.15) is 17.9 Å². The smallest absolute Gasteiger partial charge is 0.339 e. The van der Waals surface area contributed by atoms with Crippen LogP contribution >= 0.6 is 0 Å². The first kappa shape index (κ1) is 14.9. The molecule has 1 aromatic heterocycles. The lowest BCUT2D eigenvalue weighted by molar-refractivity contribution is 0.0691. The highest BCUT2D eigenvalue weighted by Crippen LogP contribution is 2.22. The highest BCUT2D eigenvalue weighted by Gasteiger charge is 2.12. The van der Waals surface area contributed by atoms with Crippen molar-refractivity contribution < 1.29 is 14.6 Å². The summed E-state index contributed by atoms with van der Waals surface area (Å²) in [6.45, 7) is 4.39. The van der Waals surface area contributed by atoms with Crippen molar-refractivity contribution in [3.05, 3.63) is 41.7 Å². The van der Waals surface area contributed by atoms with Crippen LogP contribution in [0.3, 0.4) is 0 Å². The summed E-state index contributed by atoms with van der Waals surface area (Å²) in [5.41, 5.74) is 6.78. The van der Waals surface area contributed by atoms with Crippen LogP contribution in [0.5, 0.6) is 5.75 Å². The van der Waals surface area contributed by atoms with E-state index < -0.39 is 5.97 Å². The minimum absolute atomic E-state index is 0.0522. The number of hydrogen-bond donors (Lipinski definition) is 2. The Kier molecular flexibility index (Phi) is 4.47. The zero-order valence-electron chi connectivity index (χ0n) is 12.1. The van der Waals surface area contributed by atoms with Crippen LogP contribution in [0.1, 0.15) is 42.4 Å². The number of carboxylic acids is 1. The van der Waals surface area contributed by atoms with Crippen LogP contribution in [0, 0.1) is 0 Å². The number of aromatic carboxylic acids is 1. The van der Waals surface area contributed by atoms with E-state index >= 15 is 0 Å². The van der Waals surface area contributed by atoms with Crippen LogP contribution in [0.2, 0.25) is 0 Å². The monoisotopic (exact) mass is 289 g/mol. The third kappa shape index (κ3) is 3.53. The Hall–Kier alpha value is -2.50. The minimum Gasteiger partial charge on any atom is -0.486 e. The Morgan fingerprint density at radius 2 is 2.24 bits per heavy atom. The van der Waals surface area contributed by atoms with Crippen molar-refractivity contribution in [2.45, 2.75) is 32.9 Å². The molecule has 0 aliphatic heterocycles. The quantitative estimate of drug-likeness (QED) is 0.798.